The second-order valence-electron chi connectivity index (χ2n) is 4.02. The van der Waals surface area contributed by atoms with Crippen LogP contribution in [-0.2, 0) is 23.8 Å². The molecular weight excluding hydrogens is 212 g/mol. The summed E-state index contributed by atoms with van der Waals surface area (Å²) >= 11 is 0. The summed E-state index contributed by atoms with van der Waals surface area (Å²) in [7, 11) is 1.40. The first-order valence-electron chi connectivity index (χ1n) is 5.16. The summed E-state index contributed by atoms with van der Waals surface area (Å²) in [5.74, 6) is -3.21. The number of rotatable bonds is 3. The van der Waals surface area contributed by atoms with Gasteiger partial charge in [0.05, 0.1) is 6.61 Å². The molecule has 1 saturated heterocycles. The Kier molecular flexibility index (Phi) is 2.40. The number of Topliss-reactive ketones (excluding diaryl/α,β-unsaturated/α-hetero) is 1. The molecule has 2 rings (SSSR count). The first-order chi connectivity index (χ1) is 7.49. The Bertz CT molecular complexity index is 375. The topological polar surface area (TPSA) is 61.8 Å². The number of ether oxygens (including phenoxy) is 3. The van der Waals surface area contributed by atoms with Crippen LogP contribution in [0.3, 0.4) is 0 Å². The highest BCUT2D eigenvalue weighted by atomic mass is 16.7. The van der Waals surface area contributed by atoms with Crippen LogP contribution in [0.4, 0.5) is 0 Å². The van der Waals surface area contributed by atoms with Gasteiger partial charge in [0.2, 0.25) is 5.79 Å². The maximum atomic E-state index is 12.0. The van der Waals surface area contributed by atoms with Crippen LogP contribution in [0.25, 0.3) is 0 Å². The zero-order chi connectivity index (χ0) is 12.0. The van der Waals surface area contributed by atoms with E-state index >= 15 is 0 Å². The van der Waals surface area contributed by atoms with Crippen LogP contribution in [0.2, 0.25) is 0 Å². The first-order valence-corrected chi connectivity index (χ1v) is 5.16. The second-order valence-corrected chi connectivity index (χ2v) is 4.02. The molecule has 0 aliphatic carbocycles. The van der Waals surface area contributed by atoms with Gasteiger partial charge < -0.3 is 14.2 Å². The molecule has 2 aliphatic heterocycles. The lowest BCUT2D eigenvalue weighted by Gasteiger charge is -2.25. The molecule has 3 atom stereocenters. The summed E-state index contributed by atoms with van der Waals surface area (Å²) in [6.45, 7) is 3.53. The lowest BCUT2D eigenvalue weighted by Crippen LogP contribution is -2.44. The Balaban J connectivity index is 2.35. The van der Waals surface area contributed by atoms with Crippen molar-refractivity contribution in [3.63, 3.8) is 0 Å². The molecule has 0 aromatic carbocycles. The van der Waals surface area contributed by atoms with E-state index in [9.17, 15) is 9.59 Å². The van der Waals surface area contributed by atoms with Gasteiger partial charge in [-0.05, 0) is 26.0 Å². The van der Waals surface area contributed by atoms with Crippen LogP contribution in [-0.4, -0.2) is 36.9 Å². The van der Waals surface area contributed by atoms with Crippen LogP contribution in [0.15, 0.2) is 12.2 Å². The van der Waals surface area contributed by atoms with Crippen LogP contribution in [0.1, 0.15) is 13.8 Å². The standard InChI is InChI=1S/C11H14O5/c1-4-15-9(13)7-8(12)10(2)5-6-11(7,14-3)16-10/h5-7H,4H2,1-3H3/t7?,10-,11-/m1/s1. The van der Waals surface area contributed by atoms with E-state index in [0.29, 0.717) is 0 Å². The molecule has 0 N–H and O–H groups in total. The minimum atomic E-state index is -1.28. The van der Waals surface area contributed by atoms with Gasteiger partial charge in [0.15, 0.2) is 11.7 Å². The zero-order valence-corrected chi connectivity index (χ0v) is 9.48. The second kappa shape index (κ2) is 3.40. The number of carbonyl (C=O) groups is 2. The van der Waals surface area contributed by atoms with Crippen molar-refractivity contribution in [2.24, 2.45) is 5.92 Å². The molecule has 1 unspecified atom stereocenters. The summed E-state index contributed by atoms with van der Waals surface area (Å²) in [6.07, 6.45) is 3.23. The minimum absolute atomic E-state index is 0.225. The molecule has 2 aliphatic rings. The third-order valence-corrected chi connectivity index (χ3v) is 3.00. The lowest BCUT2D eigenvalue weighted by molar-refractivity contribution is -0.204. The number of fused-ring (bicyclic) bond motifs is 2. The SMILES string of the molecule is CCOC(=O)C1C(=O)[C@@]2(C)C=C[C@@]1(OC)O2. The Hall–Kier alpha value is -1.20. The molecule has 2 bridgehead atoms. The van der Waals surface area contributed by atoms with E-state index in [0.717, 1.165) is 0 Å². The summed E-state index contributed by atoms with van der Waals surface area (Å²) in [6, 6.07) is 0. The number of carbonyl (C=O) groups excluding carboxylic acids is 2. The molecule has 5 heteroatoms. The van der Waals surface area contributed by atoms with Crippen molar-refractivity contribution in [1.82, 2.24) is 0 Å². The molecule has 2 heterocycles. The fraction of sp³-hybridized carbons (Fsp3) is 0.636. The van der Waals surface area contributed by atoms with Crippen molar-refractivity contribution >= 4 is 11.8 Å². The summed E-state index contributed by atoms with van der Waals surface area (Å²) in [5, 5.41) is 0. The Labute approximate surface area is 93.4 Å². The van der Waals surface area contributed by atoms with Crippen LogP contribution in [0, 0.1) is 5.92 Å². The van der Waals surface area contributed by atoms with Crippen molar-refractivity contribution in [1.29, 1.82) is 0 Å². The quantitative estimate of drug-likeness (QED) is 0.397. The maximum Gasteiger partial charge on any atom is 0.322 e. The normalized spacial score (nSPS) is 40.4. The smallest absolute Gasteiger partial charge is 0.322 e. The number of hydrogen-bond acceptors (Lipinski definition) is 5. The molecule has 0 aromatic rings. The number of hydrogen-bond donors (Lipinski definition) is 0. The van der Waals surface area contributed by atoms with E-state index in [1.54, 1.807) is 26.0 Å². The monoisotopic (exact) mass is 226 g/mol. The summed E-state index contributed by atoms with van der Waals surface area (Å²) in [5.41, 5.74) is -1.06. The fourth-order valence-corrected chi connectivity index (χ4v) is 2.16. The molecule has 0 amide bonds. The van der Waals surface area contributed by atoms with E-state index in [-0.39, 0.29) is 12.4 Å². The van der Waals surface area contributed by atoms with Crippen molar-refractivity contribution < 1.29 is 23.8 Å². The first kappa shape index (κ1) is 11.3. The maximum absolute atomic E-state index is 12.0. The highest BCUT2D eigenvalue weighted by Gasteiger charge is 2.66. The van der Waals surface area contributed by atoms with Gasteiger partial charge in [0.25, 0.3) is 0 Å². The van der Waals surface area contributed by atoms with Gasteiger partial charge in [-0.2, -0.15) is 0 Å². The molecule has 0 radical (unpaired) electrons. The Morgan fingerprint density at radius 3 is 2.81 bits per heavy atom. The molecule has 0 spiro atoms. The molecular formula is C11H14O5. The van der Waals surface area contributed by atoms with Gasteiger partial charge in [-0.15, -0.1) is 0 Å². The third-order valence-electron chi connectivity index (χ3n) is 3.00. The number of ketones is 1. The van der Waals surface area contributed by atoms with Gasteiger partial charge in [0, 0.05) is 7.11 Å². The van der Waals surface area contributed by atoms with Gasteiger partial charge >= 0.3 is 5.97 Å². The third kappa shape index (κ3) is 1.25. The van der Waals surface area contributed by atoms with Crippen molar-refractivity contribution in [2.75, 3.05) is 13.7 Å². The fourth-order valence-electron chi connectivity index (χ4n) is 2.16. The molecule has 5 nitrogen and oxygen atoms in total. The van der Waals surface area contributed by atoms with Gasteiger partial charge in [-0.1, -0.05) is 0 Å². The molecule has 88 valence electrons. The predicted molar refractivity (Wildman–Crippen MR) is 53.5 cm³/mol. The average Bonchev–Trinajstić information content (AvgIpc) is 2.69. The Morgan fingerprint density at radius 2 is 2.25 bits per heavy atom. The summed E-state index contributed by atoms with van der Waals surface area (Å²) < 4.78 is 15.5. The predicted octanol–water partition coefficient (Wildman–Crippen LogP) is 0.436. The van der Waals surface area contributed by atoms with Crippen LogP contribution >= 0.6 is 0 Å². The molecule has 0 aromatic heterocycles. The zero-order valence-electron chi connectivity index (χ0n) is 9.48. The number of esters is 1. The van der Waals surface area contributed by atoms with Crippen molar-refractivity contribution in [3.05, 3.63) is 12.2 Å². The van der Waals surface area contributed by atoms with Gasteiger partial charge in [0.1, 0.15) is 5.60 Å². The Morgan fingerprint density at radius 1 is 1.56 bits per heavy atom. The van der Waals surface area contributed by atoms with E-state index < -0.39 is 23.3 Å². The van der Waals surface area contributed by atoms with E-state index in [4.69, 9.17) is 14.2 Å². The van der Waals surface area contributed by atoms with Crippen molar-refractivity contribution in [2.45, 2.75) is 25.2 Å². The van der Waals surface area contributed by atoms with Gasteiger partial charge in [-0.3, -0.25) is 9.59 Å². The molecule has 16 heavy (non-hydrogen) atoms. The van der Waals surface area contributed by atoms with Gasteiger partial charge in [-0.25, -0.2) is 0 Å². The molecule has 0 saturated carbocycles. The highest BCUT2D eigenvalue weighted by molar-refractivity contribution is 6.08. The largest absolute Gasteiger partial charge is 0.465 e. The van der Waals surface area contributed by atoms with Crippen molar-refractivity contribution in [3.8, 4) is 0 Å². The van der Waals surface area contributed by atoms with E-state index in [2.05, 4.69) is 0 Å². The summed E-state index contributed by atoms with van der Waals surface area (Å²) in [4.78, 5) is 23.7. The van der Waals surface area contributed by atoms with E-state index in [1.165, 1.54) is 7.11 Å². The highest BCUT2D eigenvalue weighted by Crippen LogP contribution is 2.47. The molecule has 1 fully saturated rings. The van der Waals surface area contributed by atoms with E-state index in [1.807, 2.05) is 0 Å². The number of methoxy groups -OCH3 is 1. The average molecular weight is 226 g/mol. The van der Waals surface area contributed by atoms with Crippen LogP contribution in [0.5, 0.6) is 0 Å². The lowest BCUT2D eigenvalue weighted by atomic mass is 9.84. The van der Waals surface area contributed by atoms with Crippen LogP contribution < -0.4 is 0 Å². The minimum Gasteiger partial charge on any atom is -0.465 e.